The molecule has 1 aromatic heterocycles. The molecule has 0 aliphatic rings. The standard InChI is InChI=1S/C17H20FN3O3/c1-11(7-12-5-4-6-13(18)8-12)15(22)20-14-9-19-21(10-14)17(2,3)16(23)24/h4-6,8-11H,7H2,1-3H3,(H,20,22)(H,23,24). The number of carbonyl (C=O) groups is 2. The van der Waals surface area contributed by atoms with Gasteiger partial charge in [-0.15, -0.1) is 0 Å². The number of aromatic nitrogens is 2. The lowest BCUT2D eigenvalue weighted by Gasteiger charge is -2.19. The Morgan fingerprint density at radius 3 is 2.75 bits per heavy atom. The Labute approximate surface area is 139 Å². The van der Waals surface area contributed by atoms with Crippen LogP contribution in [0.5, 0.6) is 0 Å². The van der Waals surface area contributed by atoms with Crippen LogP contribution in [-0.2, 0) is 21.5 Å². The third-order valence-electron chi connectivity index (χ3n) is 3.82. The summed E-state index contributed by atoms with van der Waals surface area (Å²) in [6.45, 7) is 4.77. The molecule has 128 valence electrons. The first-order valence-corrected chi connectivity index (χ1v) is 7.54. The molecule has 6 nitrogen and oxygen atoms in total. The molecule has 2 aromatic rings. The minimum absolute atomic E-state index is 0.244. The molecule has 2 N–H and O–H groups in total. The van der Waals surface area contributed by atoms with Crippen LogP contribution in [0.15, 0.2) is 36.7 Å². The average molecular weight is 333 g/mol. The van der Waals surface area contributed by atoms with E-state index in [9.17, 15) is 19.1 Å². The molecule has 0 saturated heterocycles. The van der Waals surface area contributed by atoms with Gasteiger partial charge in [-0.3, -0.25) is 9.48 Å². The number of amides is 1. The van der Waals surface area contributed by atoms with Crippen molar-refractivity contribution in [3.05, 3.63) is 48.0 Å². The summed E-state index contributed by atoms with van der Waals surface area (Å²) in [6, 6.07) is 6.12. The van der Waals surface area contributed by atoms with Crippen LogP contribution in [0.4, 0.5) is 10.1 Å². The van der Waals surface area contributed by atoms with Crippen molar-refractivity contribution < 1.29 is 19.1 Å². The zero-order chi connectivity index (χ0) is 17.9. The van der Waals surface area contributed by atoms with Crippen molar-refractivity contribution in [3.63, 3.8) is 0 Å². The molecule has 1 unspecified atom stereocenters. The topological polar surface area (TPSA) is 84.2 Å². The number of halogens is 1. The first-order valence-electron chi connectivity index (χ1n) is 7.54. The van der Waals surface area contributed by atoms with Gasteiger partial charge in [0.05, 0.1) is 11.9 Å². The number of nitrogens with zero attached hydrogens (tertiary/aromatic N) is 2. The number of carboxylic acid groups (broad SMARTS) is 1. The van der Waals surface area contributed by atoms with E-state index in [1.54, 1.807) is 19.1 Å². The lowest BCUT2D eigenvalue weighted by molar-refractivity contribution is -0.146. The number of nitrogens with one attached hydrogen (secondary N) is 1. The molecule has 0 radical (unpaired) electrons. The van der Waals surface area contributed by atoms with Crippen LogP contribution in [0.25, 0.3) is 0 Å². The van der Waals surface area contributed by atoms with Crippen molar-refractivity contribution in [2.75, 3.05) is 5.32 Å². The number of aliphatic carboxylic acids is 1. The van der Waals surface area contributed by atoms with Gasteiger partial charge in [-0.2, -0.15) is 5.10 Å². The second-order valence-corrected chi connectivity index (χ2v) is 6.26. The molecule has 0 bridgehead atoms. The third kappa shape index (κ3) is 3.98. The maximum absolute atomic E-state index is 13.2. The maximum atomic E-state index is 13.2. The number of carboxylic acids is 1. The minimum atomic E-state index is -1.21. The lowest BCUT2D eigenvalue weighted by atomic mass is 10.0. The fraction of sp³-hybridized carbons (Fsp3) is 0.353. The number of benzene rings is 1. The summed E-state index contributed by atoms with van der Waals surface area (Å²) in [4.78, 5) is 23.4. The Morgan fingerprint density at radius 1 is 1.42 bits per heavy atom. The maximum Gasteiger partial charge on any atom is 0.331 e. The SMILES string of the molecule is CC(Cc1cccc(F)c1)C(=O)Nc1cnn(C(C)(C)C(=O)O)c1. The molecule has 1 atom stereocenters. The molecule has 2 rings (SSSR count). The Hall–Kier alpha value is -2.70. The van der Waals surface area contributed by atoms with Crippen LogP contribution in [0, 0.1) is 11.7 Å². The average Bonchev–Trinajstić information content (AvgIpc) is 2.96. The van der Waals surface area contributed by atoms with E-state index in [1.807, 2.05) is 0 Å². The van der Waals surface area contributed by atoms with Gasteiger partial charge in [0.15, 0.2) is 5.54 Å². The Bertz CT molecular complexity index is 755. The second kappa shape index (κ2) is 6.82. The van der Waals surface area contributed by atoms with Gasteiger partial charge in [0, 0.05) is 12.1 Å². The lowest BCUT2D eigenvalue weighted by Crippen LogP contribution is -2.35. The molecule has 24 heavy (non-hydrogen) atoms. The Kier molecular flexibility index (Phi) is 5.02. The van der Waals surface area contributed by atoms with Crippen LogP contribution < -0.4 is 5.32 Å². The summed E-state index contributed by atoms with van der Waals surface area (Å²) < 4.78 is 14.5. The Morgan fingerprint density at radius 2 is 2.12 bits per heavy atom. The van der Waals surface area contributed by atoms with E-state index in [0.29, 0.717) is 12.1 Å². The molecule has 0 aliphatic carbocycles. The number of hydrogen-bond donors (Lipinski definition) is 2. The summed E-state index contributed by atoms with van der Waals surface area (Å²) in [5, 5.41) is 15.9. The van der Waals surface area contributed by atoms with E-state index < -0.39 is 11.5 Å². The monoisotopic (exact) mass is 333 g/mol. The van der Waals surface area contributed by atoms with Gasteiger partial charge in [0.25, 0.3) is 0 Å². The summed E-state index contributed by atoms with van der Waals surface area (Å²) in [7, 11) is 0. The van der Waals surface area contributed by atoms with Crippen molar-refractivity contribution in [2.45, 2.75) is 32.7 Å². The summed E-state index contributed by atoms with van der Waals surface area (Å²) in [6.07, 6.45) is 3.27. The number of rotatable bonds is 6. The van der Waals surface area contributed by atoms with E-state index in [1.165, 1.54) is 43.1 Å². The molecule has 1 heterocycles. The highest BCUT2D eigenvalue weighted by Gasteiger charge is 2.30. The predicted octanol–water partition coefficient (Wildman–Crippen LogP) is 2.66. The molecule has 0 spiro atoms. The van der Waals surface area contributed by atoms with Crippen molar-refractivity contribution in [1.82, 2.24) is 9.78 Å². The molecule has 0 aliphatic heterocycles. The fourth-order valence-electron chi connectivity index (χ4n) is 2.17. The third-order valence-corrected chi connectivity index (χ3v) is 3.82. The minimum Gasteiger partial charge on any atom is -0.479 e. The summed E-state index contributed by atoms with van der Waals surface area (Å²) in [5.74, 6) is -1.98. The van der Waals surface area contributed by atoms with Crippen LogP contribution in [0.1, 0.15) is 26.3 Å². The van der Waals surface area contributed by atoms with Crippen LogP contribution in [0.3, 0.4) is 0 Å². The van der Waals surface area contributed by atoms with Gasteiger partial charge in [0.2, 0.25) is 5.91 Å². The van der Waals surface area contributed by atoms with Crippen LogP contribution >= 0.6 is 0 Å². The molecular weight excluding hydrogens is 313 g/mol. The molecular formula is C17H20FN3O3. The number of carbonyl (C=O) groups excluding carboxylic acids is 1. The van der Waals surface area contributed by atoms with Crippen LogP contribution in [0.2, 0.25) is 0 Å². The smallest absolute Gasteiger partial charge is 0.331 e. The normalized spacial score (nSPS) is 12.7. The number of anilines is 1. The second-order valence-electron chi connectivity index (χ2n) is 6.26. The zero-order valence-electron chi connectivity index (χ0n) is 13.8. The van der Waals surface area contributed by atoms with Gasteiger partial charge < -0.3 is 10.4 Å². The molecule has 0 saturated carbocycles. The van der Waals surface area contributed by atoms with Crippen molar-refractivity contribution >= 4 is 17.6 Å². The molecule has 0 fully saturated rings. The fourth-order valence-corrected chi connectivity index (χ4v) is 2.17. The van der Waals surface area contributed by atoms with Gasteiger partial charge in [-0.1, -0.05) is 19.1 Å². The van der Waals surface area contributed by atoms with Gasteiger partial charge in [-0.05, 0) is 38.0 Å². The van der Waals surface area contributed by atoms with E-state index in [-0.39, 0.29) is 17.6 Å². The largest absolute Gasteiger partial charge is 0.479 e. The highest BCUT2D eigenvalue weighted by atomic mass is 19.1. The Balaban J connectivity index is 2.02. The van der Waals surface area contributed by atoms with Gasteiger partial charge in [-0.25, -0.2) is 9.18 Å². The van der Waals surface area contributed by atoms with E-state index in [2.05, 4.69) is 10.4 Å². The van der Waals surface area contributed by atoms with Gasteiger partial charge in [0.1, 0.15) is 5.82 Å². The molecule has 1 amide bonds. The van der Waals surface area contributed by atoms with E-state index in [4.69, 9.17) is 0 Å². The highest BCUT2D eigenvalue weighted by Crippen LogP contribution is 2.18. The number of hydrogen-bond acceptors (Lipinski definition) is 3. The molecule has 7 heteroatoms. The predicted molar refractivity (Wildman–Crippen MR) is 87.1 cm³/mol. The van der Waals surface area contributed by atoms with E-state index in [0.717, 1.165) is 5.56 Å². The van der Waals surface area contributed by atoms with Crippen molar-refractivity contribution in [1.29, 1.82) is 0 Å². The van der Waals surface area contributed by atoms with Crippen molar-refractivity contribution in [2.24, 2.45) is 5.92 Å². The van der Waals surface area contributed by atoms with Crippen LogP contribution in [-0.4, -0.2) is 26.8 Å². The summed E-state index contributed by atoms with van der Waals surface area (Å²) in [5.41, 5.74) is -0.0587. The molecule has 1 aromatic carbocycles. The first-order chi connectivity index (χ1) is 11.2. The van der Waals surface area contributed by atoms with Gasteiger partial charge >= 0.3 is 5.97 Å². The van der Waals surface area contributed by atoms with Crippen molar-refractivity contribution in [3.8, 4) is 0 Å². The first kappa shape index (κ1) is 17.7. The highest BCUT2D eigenvalue weighted by molar-refractivity contribution is 5.92. The summed E-state index contributed by atoms with van der Waals surface area (Å²) >= 11 is 0. The zero-order valence-corrected chi connectivity index (χ0v) is 13.8. The quantitative estimate of drug-likeness (QED) is 0.851. The van der Waals surface area contributed by atoms with E-state index >= 15 is 0 Å².